The lowest BCUT2D eigenvalue weighted by Gasteiger charge is -2.48. The van der Waals surface area contributed by atoms with Gasteiger partial charge in [0.15, 0.2) is 5.78 Å². The van der Waals surface area contributed by atoms with Gasteiger partial charge in [0.05, 0.1) is 12.3 Å². The second kappa shape index (κ2) is 10.7. The molecule has 0 aromatic heterocycles. The van der Waals surface area contributed by atoms with Crippen LogP contribution in [0.25, 0.3) is 0 Å². The van der Waals surface area contributed by atoms with E-state index in [0.29, 0.717) is 37.0 Å². The number of anilines is 1. The van der Waals surface area contributed by atoms with Gasteiger partial charge in [-0.25, -0.2) is 4.79 Å². The summed E-state index contributed by atoms with van der Waals surface area (Å²) < 4.78 is 11.5. The van der Waals surface area contributed by atoms with Crippen molar-refractivity contribution in [3.05, 3.63) is 95.1 Å². The van der Waals surface area contributed by atoms with Crippen molar-refractivity contribution in [2.45, 2.75) is 77.4 Å². The van der Waals surface area contributed by atoms with E-state index in [-0.39, 0.29) is 18.3 Å². The number of ether oxygens (including phenoxy) is 2. The average Bonchev–Trinajstić information content (AvgIpc) is 3.52. The number of ketones is 1. The Morgan fingerprint density at radius 1 is 1.05 bits per heavy atom. The molecule has 3 aromatic carbocycles. The molecule has 2 saturated carbocycles. The molecule has 0 bridgehead atoms. The fourth-order valence-electron chi connectivity index (χ4n) is 8.61. The summed E-state index contributed by atoms with van der Waals surface area (Å²) in [7, 11) is 0. The van der Waals surface area contributed by atoms with Crippen LogP contribution in [-0.2, 0) is 27.4 Å². The Morgan fingerprint density at radius 2 is 1.84 bits per heavy atom. The van der Waals surface area contributed by atoms with E-state index >= 15 is 0 Å². The van der Waals surface area contributed by atoms with Crippen LogP contribution in [0.2, 0.25) is 0 Å². The summed E-state index contributed by atoms with van der Waals surface area (Å²) in [5.74, 6) is 1.80. The monoisotopic (exact) mass is 576 g/mol. The zero-order valence-electron chi connectivity index (χ0n) is 25.3. The Bertz CT molecular complexity index is 1580. The third-order valence-corrected chi connectivity index (χ3v) is 10.7. The Labute approximate surface area is 254 Å². The number of carbonyl (C=O) groups excluding carboxylic acids is 2. The van der Waals surface area contributed by atoms with Gasteiger partial charge in [0.2, 0.25) is 0 Å². The van der Waals surface area contributed by atoms with Gasteiger partial charge in [-0.1, -0.05) is 61.0 Å². The number of nitrogens with zero attached hydrogens (tertiary/aromatic N) is 2. The van der Waals surface area contributed by atoms with Crippen molar-refractivity contribution in [2.24, 2.45) is 22.4 Å². The van der Waals surface area contributed by atoms with Crippen LogP contribution in [0.3, 0.4) is 0 Å². The Kier molecular flexibility index (Phi) is 6.91. The van der Waals surface area contributed by atoms with Crippen molar-refractivity contribution in [1.82, 2.24) is 0 Å². The number of hydrogen-bond acceptors (Lipinski definition) is 6. The standard InChI is InChI=1S/C37H40N2O4/c1-4-42-34(40)33-22-37(39(38-33)27-13-10-24(2)11-14-27)21-32-31-16-12-26-20-28(43-23-25-8-6-5-7-9-25)15-17-29(26)30(31)18-19-36(32,3)35(37)41/h5-11,13-15,17,20,30-32H,4,12,16,18-19,21-23H2,1-3H3/t30-,31-,32+,36+,37?/m1/s1. The number of carbonyl (C=O) groups is 2. The molecule has 43 heavy (non-hydrogen) atoms. The van der Waals surface area contributed by atoms with Crippen LogP contribution >= 0.6 is 0 Å². The third kappa shape index (κ3) is 4.57. The molecule has 3 aliphatic carbocycles. The minimum atomic E-state index is -0.860. The quantitative estimate of drug-likeness (QED) is 0.291. The van der Waals surface area contributed by atoms with E-state index in [0.717, 1.165) is 48.2 Å². The summed E-state index contributed by atoms with van der Waals surface area (Å²) in [6, 6.07) is 25.0. The highest BCUT2D eigenvalue weighted by Crippen LogP contribution is 2.64. The van der Waals surface area contributed by atoms with Crippen molar-refractivity contribution in [3.8, 4) is 5.75 Å². The van der Waals surface area contributed by atoms with E-state index in [9.17, 15) is 9.59 Å². The molecule has 0 N–H and O–H groups in total. The van der Waals surface area contributed by atoms with Crippen LogP contribution in [0.15, 0.2) is 77.9 Å². The molecule has 1 aliphatic heterocycles. The predicted octanol–water partition coefficient (Wildman–Crippen LogP) is 7.18. The largest absolute Gasteiger partial charge is 0.489 e. The predicted molar refractivity (Wildman–Crippen MR) is 167 cm³/mol. The molecule has 2 fully saturated rings. The fraction of sp³-hybridized carbons (Fsp3) is 0.432. The summed E-state index contributed by atoms with van der Waals surface area (Å²) in [6.07, 6.45) is 4.89. The average molecular weight is 577 g/mol. The number of hydrogen-bond donors (Lipinski definition) is 0. The van der Waals surface area contributed by atoms with E-state index in [1.807, 2.05) is 54.4 Å². The van der Waals surface area contributed by atoms with Crippen molar-refractivity contribution in [3.63, 3.8) is 0 Å². The highest BCUT2D eigenvalue weighted by molar-refractivity contribution is 6.38. The first-order chi connectivity index (χ1) is 20.8. The Morgan fingerprint density at radius 3 is 2.60 bits per heavy atom. The molecule has 1 unspecified atom stereocenters. The van der Waals surface area contributed by atoms with Gasteiger partial charge in [0, 0.05) is 11.8 Å². The van der Waals surface area contributed by atoms with Crippen LogP contribution in [0.4, 0.5) is 5.69 Å². The van der Waals surface area contributed by atoms with Crippen LogP contribution in [0.1, 0.15) is 74.1 Å². The molecule has 4 aliphatic rings. The normalized spacial score (nSPS) is 29.1. The first-order valence-electron chi connectivity index (χ1n) is 15.8. The van der Waals surface area contributed by atoms with Gasteiger partial charge < -0.3 is 9.47 Å². The topological polar surface area (TPSA) is 68.2 Å². The third-order valence-electron chi connectivity index (χ3n) is 10.7. The summed E-state index contributed by atoms with van der Waals surface area (Å²) in [4.78, 5) is 27.7. The summed E-state index contributed by atoms with van der Waals surface area (Å²) in [6.45, 7) is 6.88. The second-order valence-corrected chi connectivity index (χ2v) is 13.2. The lowest BCUT2D eigenvalue weighted by Crippen LogP contribution is -2.50. The molecule has 0 amide bonds. The van der Waals surface area contributed by atoms with Crippen molar-refractivity contribution in [2.75, 3.05) is 11.6 Å². The molecule has 3 aromatic rings. The highest BCUT2D eigenvalue weighted by atomic mass is 16.5. The Balaban J connectivity index is 1.17. The highest BCUT2D eigenvalue weighted by Gasteiger charge is 2.68. The number of Topliss-reactive ketones (excluding diaryl/α,β-unsaturated/α-hetero) is 1. The van der Waals surface area contributed by atoms with Gasteiger partial charge in [0.1, 0.15) is 23.6 Å². The van der Waals surface area contributed by atoms with E-state index in [4.69, 9.17) is 14.6 Å². The maximum atomic E-state index is 14.7. The molecule has 0 saturated heterocycles. The Hall–Kier alpha value is -3.93. The lowest BCUT2D eigenvalue weighted by atomic mass is 9.55. The molecule has 6 nitrogen and oxygen atoms in total. The van der Waals surface area contributed by atoms with Gasteiger partial charge in [-0.05, 0) is 105 Å². The number of benzene rings is 3. The number of rotatable bonds is 6. The van der Waals surface area contributed by atoms with Crippen LogP contribution in [0.5, 0.6) is 5.75 Å². The lowest BCUT2D eigenvalue weighted by molar-refractivity contribution is -0.135. The molecular formula is C37H40N2O4. The minimum Gasteiger partial charge on any atom is -0.489 e. The molecule has 5 atom stereocenters. The molecule has 7 rings (SSSR count). The molecule has 222 valence electrons. The summed E-state index contributed by atoms with van der Waals surface area (Å²) in [5.41, 5.74) is 5.01. The van der Waals surface area contributed by atoms with Crippen LogP contribution < -0.4 is 9.75 Å². The van der Waals surface area contributed by atoms with Gasteiger partial charge >= 0.3 is 5.97 Å². The van der Waals surface area contributed by atoms with Crippen molar-refractivity contribution in [1.29, 1.82) is 0 Å². The number of fused-ring (bicyclic) bond motifs is 5. The van der Waals surface area contributed by atoms with Crippen LogP contribution in [0, 0.1) is 24.2 Å². The number of hydrazone groups is 1. The molecule has 1 spiro atoms. The number of aryl methyl sites for hydroxylation is 2. The molecule has 0 radical (unpaired) electrons. The number of esters is 1. The van der Waals surface area contributed by atoms with Crippen molar-refractivity contribution < 1.29 is 19.1 Å². The van der Waals surface area contributed by atoms with Gasteiger partial charge in [-0.15, -0.1) is 0 Å². The molecule has 1 heterocycles. The SMILES string of the molecule is CCOC(=O)C1=NN(c2ccc(C)cc2)C2(C1)C[C@H]1[C@@H]3CCc4cc(OCc5ccccc5)ccc4[C@H]3CC[C@]1(C)C2=O. The van der Waals surface area contributed by atoms with Gasteiger partial charge in [-0.3, -0.25) is 9.80 Å². The van der Waals surface area contributed by atoms with Crippen molar-refractivity contribution >= 4 is 23.2 Å². The summed E-state index contributed by atoms with van der Waals surface area (Å²) >= 11 is 0. The van der Waals surface area contributed by atoms with E-state index in [1.165, 1.54) is 11.1 Å². The zero-order chi connectivity index (χ0) is 29.8. The zero-order valence-corrected chi connectivity index (χ0v) is 25.3. The molecule has 6 heteroatoms. The smallest absolute Gasteiger partial charge is 0.354 e. The molecular weight excluding hydrogens is 536 g/mol. The van der Waals surface area contributed by atoms with Gasteiger partial charge in [-0.2, -0.15) is 5.10 Å². The van der Waals surface area contributed by atoms with Gasteiger partial charge in [0.25, 0.3) is 0 Å². The van der Waals surface area contributed by atoms with E-state index in [1.54, 1.807) is 6.92 Å². The maximum Gasteiger partial charge on any atom is 0.354 e. The van der Waals surface area contributed by atoms with E-state index in [2.05, 4.69) is 37.3 Å². The van der Waals surface area contributed by atoms with E-state index < -0.39 is 16.9 Å². The first-order valence-corrected chi connectivity index (χ1v) is 15.8. The second-order valence-electron chi connectivity index (χ2n) is 13.2. The summed E-state index contributed by atoms with van der Waals surface area (Å²) in [5, 5.41) is 6.69. The first kappa shape index (κ1) is 27.9. The maximum absolute atomic E-state index is 14.7. The van der Waals surface area contributed by atoms with Crippen LogP contribution in [-0.4, -0.2) is 29.6 Å². The fourth-order valence-corrected chi connectivity index (χ4v) is 8.61. The minimum absolute atomic E-state index is 0.227.